The lowest BCUT2D eigenvalue weighted by atomic mass is 10.2. The van der Waals surface area contributed by atoms with Gasteiger partial charge >= 0.3 is 0 Å². The fraction of sp³-hybridized carbons (Fsp3) is 0.438. The topological polar surface area (TPSA) is 70.8 Å². The van der Waals surface area contributed by atoms with Crippen molar-refractivity contribution >= 4 is 35.6 Å². The van der Waals surface area contributed by atoms with Gasteiger partial charge in [-0.3, -0.25) is 10.1 Å². The molecule has 23 heavy (non-hydrogen) atoms. The second-order valence-electron chi connectivity index (χ2n) is 5.01. The van der Waals surface area contributed by atoms with Crippen LogP contribution in [-0.4, -0.2) is 35.9 Å². The molecule has 1 aromatic rings. The van der Waals surface area contributed by atoms with E-state index in [1.165, 1.54) is 12.1 Å². The minimum Gasteiger partial charge on any atom is -0.353 e. The number of non-ortho nitro benzene ring substituents is 1. The van der Waals surface area contributed by atoms with Gasteiger partial charge in [0.25, 0.3) is 5.69 Å². The normalized spacial score (nSPS) is 10.6. The molecular weight excluding hydrogens is 407 g/mol. The van der Waals surface area contributed by atoms with Crippen LogP contribution < -0.4 is 5.32 Å². The highest BCUT2D eigenvalue weighted by atomic mass is 127. The van der Waals surface area contributed by atoms with Crippen LogP contribution in [0.25, 0.3) is 0 Å². The molecule has 0 radical (unpaired) electrons. The molecule has 1 rings (SSSR count). The zero-order valence-corrected chi connectivity index (χ0v) is 16.0. The molecule has 1 aromatic carbocycles. The summed E-state index contributed by atoms with van der Waals surface area (Å²) < 4.78 is 0. The number of unbranched alkanes of at least 4 members (excludes halogenated alkanes) is 1. The molecule has 0 bridgehead atoms. The molecule has 0 aromatic heterocycles. The summed E-state index contributed by atoms with van der Waals surface area (Å²) in [6, 6.07) is 6.47. The quantitative estimate of drug-likeness (QED) is 0.170. The minimum absolute atomic E-state index is 0. The van der Waals surface area contributed by atoms with Gasteiger partial charge in [0.05, 0.1) is 11.5 Å². The van der Waals surface area contributed by atoms with E-state index >= 15 is 0 Å². The molecule has 0 aliphatic rings. The molecule has 7 heteroatoms. The first-order valence-corrected chi connectivity index (χ1v) is 7.42. The highest BCUT2D eigenvalue weighted by Crippen LogP contribution is 2.12. The third kappa shape index (κ3) is 7.96. The standard InChI is InChI=1S/C16H24N4O2.HI/c1-4-6-12-19(3)16(17-11-5-2)18-13-14-7-9-15(10-8-14)20(21)22;/h5,7-10H,2,4,6,11-13H2,1,3H3,(H,17,18);1H. The molecular formula is C16H25IN4O2. The number of hydrogen-bond acceptors (Lipinski definition) is 3. The summed E-state index contributed by atoms with van der Waals surface area (Å²) >= 11 is 0. The van der Waals surface area contributed by atoms with Crippen molar-refractivity contribution in [1.82, 2.24) is 10.2 Å². The summed E-state index contributed by atoms with van der Waals surface area (Å²) in [5.74, 6) is 0.812. The van der Waals surface area contributed by atoms with E-state index < -0.39 is 4.92 Å². The summed E-state index contributed by atoms with van der Waals surface area (Å²) in [6.45, 7) is 7.91. The molecule has 0 atom stereocenters. The number of aliphatic imine (C=N–C) groups is 1. The number of nitro benzene ring substituents is 1. The van der Waals surface area contributed by atoms with Crippen LogP contribution in [0.3, 0.4) is 0 Å². The van der Waals surface area contributed by atoms with Crippen molar-refractivity contribution in [2.45, 2.75) is 26.3 Å². The van der Waals surface area contributed by atoms with Gasteiger partial charge in [-0.05, 0) is 12.0 Å². The fourth-order valence-electron chi connectivity index (χ4n) is 1.87. The van der Waals surface area contributed by atoms with Crippen LogP contribution in [0.15, 0.2) is 41.9 Å². The third-order valence-corrected chi connectivity index (χ3v) is 3.17. The maximum absolute atomic E-state index is 10.6. The summed E-state index contributed by atoms with van der Waals surface area (Å²) in [5, 5.41) is 13.9. The Morgan fingerprint density at radius 1 is 1.43 bits per heavy atom. The maximum atomic E-state index is 10.6. The predicted octanol–water partition coefficient (Wildman–Crippen LogP) is 3.58. The summed E-state index contributed by atoms with van der Waals surface area (Å²) in [4.78, 5) is 16.9. The van der Waals surface area contributed by atoms with Crippen LogP contribution in [0.5, 0.6) is 0 Å². The van der Waals surface area contributed by atoms with Gasteiger partial charge in [-0.15, -0.1) is 30.6 Å². The molecule has 0 amide bonds. The molecule has 128 valence electrons. The first kappa shape index (κ1) is 21.4. The van der Waals surface area contributed by atoms with Crippen molar-refractivity contribution < 1.29 is 4.92 Å². The van der Waals surface area contributed by atoms with E-state index in [1.54, 1.807) is 18.2 Å². The number of nitrogens with zero attached hydrogens (tertiary/aromatic N) is 3. The Morgan fingerprint density at radius 3 is 2.61 bits per heavy atom. The molecule has 6 nitrogen and oxygen atoms in total. The Labute approximate surface area is 154 Å². The first-order valence-electron chi connectivity index (χ1n) is 7.42. The van der Waals surface area contributed by atoms with Gasteiger partial charge in [0, 0.05) is 32.3 Å². The monoisotopic (exact) mass is 432 g/mol. The second kappa shape index (κ2) is 11.9. The predicted molar refractivity (Wildman–Crippen MR) is 105 cm³/mol. The molecule has 0 aliphatic heterocycles. The highest BCUT2D eigenvalue weighted by Gasteiger charge is 2.06. The van der Waals surface area contributed by atoms with E-state index in [4.69, 9.17) is 0 Å². The Kier molecular flexibility index (Phi) is 11.0. The number of rotatable bonds is 8. The smallest absolute Gasteiger partial charge is 0.269 e. The van der Waals surface area contributed by atoms with E-state index in [0.717, 1.165) is 30.9 Å². The molecule has 1 N–H and O–H groups in total. The van der Waals surface area contributed by atoms with Crippen LogP contribution in [0, 0.1) is 10.1 Å². The lowest BCUT2D eigenvalue weighted by Crippen LogP contribution is -2.39. The maximum Gasteiger partial charge on any atom is 0.269 e. The van der Waals surface area contributed by atoms with Gasteiger partial charge in [0.1, 0.15) is 0 Å². The highest BCUT2D eigenvalue weighted by molar-refractivity contribution is 14.0. The molecule has 0 unspecified atom stereocenters. The Bertz CT molecular complexity index is 517. The Balaban J connectivity index is 0.00000484. The number of nitro groups is 1. The van der Waals surface area contributed by atoms with Crippen molar-refractivity contribution in [3.63, 3.8) is 0 Å². The SMILES string of the molecule is C=CCNC(=NCc1ccc([N+](=O)[O-])cc1)N(C)CCCC.I. The summed E-state index contributed by atoms with van der Waals surface area (Å²) in [6.07, 6.45) is 4.01. The van der Waals surface area contributed by atoms with Crippen molar-refractivity contribution in [3.05, 3.63) is 52.6 Å². The summed E-state index contributed by atoms with van der Waals surface area (Å²) in [7, 11) is 2.00. The lowest BCUT2D eigenvalue weighted by Gasteiger charge is -2.21. The van der Waals surface area contributed by atoms with E-state index in [1.807, 2.05) is 7.05 Å². The van der Waals surface area contributed by atoms with Crippen LogP contribution >= 0.6 is 24.0 Å². The van der Waals surface area contributed by atoms with Crippen molar-refractivity contribution in [2.75, 3.05) is 20.1 Å². The molecule has 0 saturated heterocycles. The van der Waals surface area contributed by atoms with Gasteiger partial charge in [-0.2, -0.15) is 0 Å². The fourth-order valence-corrected chi connectivity index (χ4v) is 1.87. The van der Waals surface area contributed by atoms with Gasteiger partial charge in [0.15, 0.2) is 5.96 Å². The lowest BCUT2D eigenvalue weighted by molar-refractivity contribution is -0.384. The average molecular weight is 432 g/mol. The van der Waals surface area contributed by atoms with Crippen molar-refractivity contribution in [3.8, 4) is 0 Å². The molecule has 0 spiro atoms. The number of guanidine groups is 1. The van der Waals surface area contributed by atoms with E-state index in [2.05, 4.69) is 28.7 Å². The minimum atomic E-state index is -0.400. The van der Waals surface area contributed by atoms with Crippen LogP contribution in [-0.2, 0) is 6.54 Å². The zero-order chi connectivity index (χ0) is 16.4. The first-order chi connectivity index (χ1) is 10.6. The summed E-state index contributed by atoms with van der Waals surface area (Å²) in [5.41, 5.74) is 1.03. The molecule has 0 heterocycles. The number of halogens is 1. The largest absolute Gasteiger partial charge is 0.353 e. The van der Waals surface area contributed by atoms with Gasteiger partial charge in [-0.1, -0.05) is 31.6 Å². The average Bonchev–Trinajstić information content (AvgIpc) is 2.53. The van der Waals surface area contributed by atoms with Crippen molar-refractivity contribution in [1.29, 1.82) is 0 Å². The molecule has 0 aliphatic carbocycles. The van der Waals surface area contributed by atoms with Crippen molar-refractivity contribution in [2.24, 2.45) is 4.99 Å². The van der Waals surface area contributed by atoms with Gasteiger partial charge < -0.3 is 10.2 Å². The number of benzene rings is 1. The number of nitrogens with one attached hydrogen (secondary N) is 1. The third-order valence-electron chi connectivity index (χ3n) is 3.17. The van der Waals surface area contributed by atoms with Crippen LogP contribution in [0.4, 0.5) is 5.69 Å². The van der Waals surface area contributed by atoms with Crippen LogP contribution in [0.1, 0.15) is 25.3 Å². The van der Waals surface area contributed by atoms with E-state index in [9.17, 15) is 10.1 Å². The van der Waals surface area contributed by atoms with Crippen LogP contribution in [0.2, 0.25) is 0 Å². The molecule has 0 fully saturated rings. The van der Waals surface area contributed by atoms with E-state index in [0.29, 0.717) is 13.1 Å². The zero-order valence-electron chi connectivity index (χ0n) is 13.7. The molecule has 0 saturated carbocycles. The van der Waals surface area contributed by atoms with Gasteiger partial charge in [0.2, 0.25) is 0 Å². The second-order valence-corrected chi connectivity index (χ2v) is 5.01. The van der Waals surface area contributed by atoms with E-state index in [-0.39, 0.29) is 29.7 Å². The number of hydrogen-bond donors (Lipinski definition) is 1. The Morgan fingerprint density at radius 2 is 2.09 bits per heavy atom. The van der Waals surface area contributed by atoms with Gasteiger partial charge in [-0.25, -0.2) is 4.99 Å². The Hall–Kier alpha value is -1.64.